The first kappa shape index (κ1) is 13.1. The molecule has 3 heteroatoms. The SMILES string of the molecule is CCCNCc1c(COCC)oc2ccccc12. The number of hydrogen-bond acceptors (Lipinski definition) is 3. The molecule has 2 rings (SSSR count). The summed E-state index contributed by atoms with van der Waals surface area (Å²) < 4.78 is 11.3. The van der Waals surface area contributed by atoms with E-state index in [1.54, 1.807) is 0 Å². The Morgan fingerprint density at radius 2 is 2.06 bits per heavy atom. The second-order valence-corrected chi connectivity index (χ2v) is 4.31. The quantitative estimate of drug-likeness (QED) is 0.761. The van der Waals surface area contributed by atoms with E-state index in [4.69, 9.17) is 9.15 Å². The van der Waals surface area contributed by atoms with Gasteiger partial charge in [0.25, 0.3) is 0 Å². The molecule has 0 saturated heterocycles. The van der Waals surface area contributed by atoms with Crippen LogP contribution in [0.2, 0.25) is 0 Å². The van der Waals surface area contributed by atoms with Crippen LogP contribution in [0.1, 0.15) is 31.6 Å². The van der Waals surface area contributed by atoms with Crippen LogP contribution in [0.3, 0.4) is 0 Å². The maximum Gasteiger partial charge on any atom is 0.135 e. The lowest BCUT2D eigenvalue weighted by Crippen LogP contribution is -2.14. The Hall–Kier alpha value is -1.32. The molecule has 0 radical (unpaired) electrons. The third kappa shape index (κ3) is 2.92. The van der Waals surface area contributed by atoms with Crippen molar-refractivity contribution in [1.29, 1.82) is 0 Å². The number of nitrogens with one attached hydrogen (secondary N) is 1. The van der Waals surface area contributed by atoms with Crippen molar-refractivity contribution in [1.82, 2.24) is 5.32 Å². The molecule has 0 bridgehead atoms. The number of hydrogen-bond donors (Lipinski definition) is 1. The Kier molecular flexibility index (Phi) is 4.79. The van der Waals surface area contributed by atoms with Gasteiger partial charge in [-0.25, -0.2) is 0 Å². The van der Waals surface area contributed by atoms with Crippen molar-refractivity contribution >= 4 is 11.0 Å². The van der Waals surface area contributed by atoms with Gasteiger partial charge in [0, 0.05) is 24.1 Å². The highest BCUT2D eigenvalue weighted by Gasteiger charge is 2.13. The standard InChI is InChI=1S/C15H21NO2/c1-3-9-16-10-13-12-7-5-6-8-14(12)18-15(13)11-17-4-2/h5-8,16H,3-4,9-11H2,1-2H3. The van der Waals surface area contributed by atoms with E-state index < -0.39 is 0 Å². The topological polar surface area (TPSA) is 34.4 Å². The maximum absolute atomic E-state index is 5.87. The molecular weight excluding hydrogens is 226 g/mol. The molecule has 0 aliphatic heterocycles. The summed E-state index contributed by atoms with van der Waals surface area (Å²) in [6.45, 7) is 7.28. The lowest BCUT2D eigenvalue weighted by molar-refractivity contribution is 0.118. The minimum atomic E-state index is 0.550. The Bertz CT molecular complexity index is 490. The van der Waals surface area contributed by atoms with Crippen LogP contribution in [-0.2, 0) is 17.9 Å². The van der Waals surface area contributed by atoms with Gasteiger partial charge in [0.2, 0.25) is 0 Å². The minimum absolute atomic E-state index is 0.550. The highest BCUT2D eigenvalue weighted by molar-refractivity contribution is 5.82. The van der Waals surface area contributed by atoms with Crippen molar-refractivity contribution in [3.8, 4) is 0 Å². The van der Waals surface area contributed by atoms with E-state index in [0.29, 0.717) is 13.2 Å². The lowest BCUT2D eigenvalue weighted by Gasteiger charge is -2.04. The van der Waals surface area contributed by atoms with Crippen molar-refractivity contribution in [3.63, 3.8) is 0 Å². The molecule has 0 atom stereocenters. The molecule has 0 aliphatic rings. The van der Waals surface area contributed by atoms with E-state index in [-0.39, 0.29) is 0 Å². The van der Waals surface area contributed by atoms with Gasteiger partial charge >= 0.3 is 0 Å². The first-order valence-corrected chi connectivity index (χ1v) is 6.64. The monoisotopic (exact) mass is 247 g/mol. The number of rotatable bonds is 7. The number of fused-ring (bicyclic) bond motifs is 1. The molecule has 1 heterocycles. The fourth-order valence-electron chi connectivity index (χ4n) is 2.04. The van der Waals surface area contributed by atoms with E-state index in [1.807, 2.05) is 25.1 Å². The second kappa shape index (κ2) is 6.57. The summed E-state index contributed by atoms with van der Waals surface area (Å²) in [6.07, 6.45) is 1.14. The molecule has 18 heavy (non-hydrogen) atoms. The molecule has 0 saturated carbocycles. The third-order valence-electron chi connectivity index (χ3n) is 2.95. The van der Waals surface area contributed by atoms with Gasteiger partial charge in [0.05, 0.1) is 0 Å². The van der Waals surface area contributed by atoms with Gasteiger partial charge in [0.1, 0.15) is 18.0 Å². The van der Waals surface area contributed by atoms with Crippen LogP contribution in [0.15, 0.2) is 28.7 Å². The predicted octanol–water partition coefficient (Wildman–Crippen LogP) is 3.47. The Labute approximate surface area is 108 Å². The first-order chi connectivity index (χ1) is 8.86. The van der Waals surface area contributed by atoms with Crippen LogP contribution in [0.4, 0.5) is 0 Å². The predicted molar refractivity (Wildman–Crippen MR) is 73.5 cm³/mol. The van der Waals surface area contributed by atoms with Gasteiger partial charge in [-0.15, -0.1) is 0 Å². The van der Waals surface area contributed by atoms with Gasteiger partial charge in [-0.05, 0) is 26.0 Å². The molecule has 1 N–H and O–H groups in total. The summed E-state index contributed by atoms with van der Waals surface area (Å²) in [5, 5.41) is 4.62. The molecule has 0 unspecified atom stereocenters. The molecule has 2 aromatic rings. The molecular formula is C15H21NO2. The fraction of sp³-hybridized carbons (Fsp3) is 0.467. The molecule has 98 valence electrons. The molecule has 0 aliphatic carbocycles. The van der Waals surface area contributed by atoms with Gasteiger partial charge in [-0.1, -0.05) is 25.1 Å². The van der Waals surface area contributed by atoms with E-state index in [2.05, 4.69) is 18.3 Å². The van der Waals surface area contributed by atoms with Gasteiger partial charge in [-0.2, -0.15) is 0 Å². The summed E-state index contributed by atoms with van der Waals surface area (Å²) in [5.74, 6) is 0.946. The Balaban J connectivity index is 2.25. The van der Waals surface area contributed by atoms with E-state index >= 15 is 0 Å². The van der Waals surface area contributed by atoms with Crippen LogP contribution in [0.25, 0.3) is 11.0 Å². The Morgan fingerprint density at radius 1 is 1.22 bits per heavy atom. The lowest BCUT2D eigenvalue weighted by atomic mass is 10.1. The molecule has 3 nitrogen and oxygen atoms in total. The smallest absolute Gasteiger partial charge is 0.135 e. The van der Waals surface area contributed by atoms with Crippen molar-refractivity contribution in [3.05, 3.63) is 35.6 Å². The second-order valence-electron chi connectivity index (χ2n) is 4.31. The van der Waals surface area contributed by atoms with Crippen LogP contribution in [-0.4, -0.2) is 13.2 Å². The van der Waals surface area contributed by atoms with Crippen LogP contribution in [0.5, 0.6) is 0 Å². The normalized spacial score (nSPS) is 11.2. The maximum atomic E-state index is 5.87. The zero-order chi connectivity index (χ0) is 12.8. The number of benzene rings is 1. The minimum Gasteiger partial charge on any atom is -0.458 e. The average Bonchev–Trinajstić information content (AvgIpc) is 2.75. The van der Waals surface area contributed by atoms with E-state index in [0.717, 1.165) is 30.9 Å². The summed E-state index contributed by atoms with van der Waals surface area (Å²) in [6, 6.07) is 8.16. The van der Waals surface area contributed by atoms with Crippen LogP contribution >= 0.6 is 0 Å². The third-order valence-corrected chi connectivity index (χ3v) is 2.95. The Morgan fingerprint density at radius 3 is 2.83 bits per heavy atom. The van der Waals surface area contributed by atoms with Crippen molar-refractivity contribution in [2.45, 2.75) is 33.4 Å². The fourth-order valence-corrected chi connectivity index (χ4v) is 2.04. The number of ether oxygens (including phenoxy) is 1. The summed E-state index contributed by atoms with van der Waals surface area (Å²) in [4.78, 5) is 0. The molecule has 0 fully saturated rings. The number of furan rings is 1. The zero-order valence-corrected chi connectivity index (χ0v) is 11.2. The van der Waals surface area contributed by atoms with Crippen molar-refractivity contribution in [2.24, 2.45) is 0 Å². The first-order valence-electron chi connectivity index (χ1n) is 6.64. The molecule has 0 spiro atoms. The van der Waals surface area contributed by atoms with Crippen LogP contribution < -0.4 is 5.32 Å². The molecule has 0 amide bonds. The van der Waals surface area contributed by atoms with E-state index in [1.165, 1.54) is 10.9 Å². The highest BCUT2D eigenvalue weighted by atomic mass is 16.5. The zero-order valence-electron chi connectivity index (χ0n) is 11.2. The van der Waals surface area contributed by atoms with Crippen LogP contribution in [0, 0.1) is 0 Å². The number of para-hydroxylation sites is 1. The molecule has 1 aromatic heterocycles. The average molecular weight is 247 g/mol. The highest BCUT2D eigenvalue weighted by Crippen LogP contribution is 2.26. The largest absolute Gasteiger partial charge is 0.458 e. The summed E-state index contributed by atoms with van der Waals surface area (Å²) >= 11 is 0. The van der Waals surface area contributed by atoms with Crippen molar-refractivity contribution in [2.75, 3.05) is 13.2 Å². The summed E-state index contributed by atoms with van der Waals surface area (Å²) in [5.41, 5.74) is 2.17. The van der Waals surface area contributed by atoms with Gasteiger partial charge in [-0.3, -0.25) is 0 Å². The van der Waals surface area contributed by atoms with Gasteiger partial charge < -0.3 is 14.5 Å². The van der Waals surface area contributed by atoms with E-state index in [9.17, 15) is 0 Å². The van der Waals surface area contributed by atoms with Crippen molar-refractivity contribution < 1.29 is 9.15 Å². The molecule has 1 aromatic carbocycles. The summed E-state index contributed by atoms with van der Waals surface area (Å²) in [7, 11) is 0. The van der Waals surface area contributed by atoms with Gasteiger partial charge in [0.15, 0.2) is 0 Å².